The summed E-state index contributed by atoms with van der Waals surface area (Å²) in [5.74, 6) is -0.236. The number of ether oxygens (including phenoxy) is 2. The van der Waals surface area contributed by atoms with Crippen LogP contribution in [-0.2, 0) is 16.0 Å². The number of halogens is 1. The van der Waals surface area contributed by atoms with Crippen molar-refractivity contribution in [2.24, 2.45) is 0 Å². The van der Waals surface area contributed by atoms with Gasteiger partial charge in [-0.2, -0.15) is 0 Å². The van der Waals surface area contributed by atoms with Gasteiger partial charge >= 0.3 is 0 Å². The Morgan fingerprint density at radius 1 is 1.52 bits per heavy atom. The minimum Gasteiger partial charge on any atom is -0.394 e. The highest BCUT2D eigenvalue weighted by Crippen LogP contribution is 2.26. The Kier molecular flexibility index (Phi) is 6.38. The summed E-state index contributed by atoms with van der Waals surface area (Å²) in [6.07, 6.45) is -0.257. The van der Waals surface area contributed by atoms with E-state index in [-0.39, 0.29) is 18.5 Å². The first-order valence-corrected chi connectivity index (χ1v) is 7.20. The van der Waals surface area contributed by atoms with Gasteiger partial charge in [0.15, 0.2) is 0 Å². The second-order valence-electron chi connectivity index (χ2n) is 5.04. The summed E-state index contributed by atoms with van der Waals surface area (Å²) in [5, 5.41) is 12.5. The van der Waals surface area contributed by atoms with E-state index in [1.165, 1.54) is 6.07 Å². The predicted molar refractivity (Wildman–Crippen MR) is 79.0 cm³/mol. The van der Waals surface area contributed by atoms with Crippen molar-refractivity contribution in [3.05, 3.63) is 29.6 Å². The number of benzene rings is 1. The minimum atomic E-state index is -0.257. The molecule has 2 rings (SSSR count). The van der Waals surface area contributed by atoms with Crippen LogP contribution in [0.1, 0.15) is 5.56 Å². The molecule has 5 nitrogen and oxygen atoms in total. The fourth-order valence-corrected chi connectivity index (χ4v) is 2.49. The number of aliphatic hydroxyl groups is 1. The maximum Gasteiger partial charge on any atom is 0.146 e. The molecule has 118 valence electrons. The molecule has 0 radical (unpaired) electrons. The SMILES string of the molecule is COCCNCc1cccc(F)c1N1CCOC(CO)C1. The zero-order chi connectivity index (χ0) is 15.1. The zero-order valence-corrected chi connectivity index (χ0v) is 12.3. The Morgan fingerprint density at radius 3 is 3.14 bits per heavy atom. The molecular formula is C15H23FN2O3. The molecule has 0 aromatic heterocycles. The molecule has 2 N–H and O–H groups in total. The van der Waals surface area contributed by atoms with Crippen LogP contribution in [0, 0.1) is 5.82 Å². The highest BCUT2D eigenvalue weighted by atomic mass is 19.1. The largest absolute Gasteiger partial charge is 0.394 e. The molecule has 21 heavy (non-hydrogen) atoms. The number of hydrogen-bond acceptors (Lipinski definition) is 5. The third-order valence-corrected chi connectivity index (χ3v) is 3.53. The minimum absolute atomic E-state index is 0.0492. The van der Waals surface area contributed by atoms with Gasteiger partial charge in [-0.3, -0.25) is 0 Å². The van der Waals surface area contributed by atoms with Crippen molar-refractivity contribution in [2.45, 2.75) is 12.6 Å². The van der Waals surface area contributed by atoms with Gasteiger partial charge in [0.05, 0.1) is 31.6 Å². The molecule has 1 aromatic rings. The average Bonchev–Trinajstić information content (AvgIpc) is 2.51. The fraction of sp³-hybridized carbons (Fsp3) is 0.600. The lowest BCUT2D eigenvalue weighted by Gasteiger charge is -2.35. The van der Waals surface area contributed by atoms with Crippen LogP contribution in [0.2, 0.25) is 0 Å². The number of anilines is 1. The van der Waals surface area contributed by atoms with Gasteiger partial charge < -0.3 is 24.8 Å². The van der Waals surface area contributed by atoms with Crippen molar-refractivity contribution < 1.29 is 19.0 Å². The second-order valence-corrected chi connectivity index (χ2v) is 5.04. The van der Waals surface area contributed by atoms with E-state index in [9.17, 15) is 9.50 Å². The smallest absolute Gasteiger partial charge is 0.146 e. The van der Waals surface area contributed by atoms with Crippen molar-refractivity contribution in [3.63, 3.8) is 0 Å². The van der Waals surface area contributed by atoms with E-state index in [4.69, 9.17) is 9.47 Å². The zero-order valence-electron chi connectivity index (χ0n) is 12.3. The molecule has 0 aliphatic carbocycles. The monoisotopic (exact) mass is 298 g/mol. The number of nitrogens with one attached hydrogen (secondary N) is 1. The number of hydrogen-bond donors (Lipinski definition) is 2. The summed E-state index contributed by atoms with van der Waals surface area (Å²) in [6, 6.07) is 5.11. The van der Waals surface area contributed by atoms with Gasteiger partial charge in [0, 0.05) is 33.3 Å². The third kappa shape index (κ3) is 4.38. The standard InChI is InChI=1S/C15H23FN2O3/c1-20-7-5-17-9-12-3-2-4-14(16)15(12)18-6-8-21-13(10-18)11-19/h2-4,13,17,19H,5-11H2,1H3. The highest BCUT2D eigenvalue weighted by molar-refractivity contribution is 5.55. The predicted octanol–water partition coefficient (Wildman–Crippen LogP) is 0.759. The van der Waals surface area contributed by atoms with Crippen LogP contribution in [0.3, 0.4) is 0 Å². The molecule has 1 saturated heterocycles. The molecule has 0 spiro atoms. The summed E-state index contributed by atoms with van der Waals surface area (Å²) < 4.78 is 24.7. The van der Waals surface area contributed by atoms with Crippen molar-refractivity contribution in [2.75, 3.05) is 51.5 Å². The number of methoxy groups -OCH3 is 1. The number of rotatable bonds is 7. The molecule has 1 aliphatic heterocycles. The van der Waals surface area contributed by atoms with E-state index in [2.05, 4.69) is 5.32 Å². The normalized spacial score (nSPS) is 19.0. The van der Waals surface area contributed by atoms with Gasteiger partial charge in [-0.05, 0) is 11.6 Å². The van der Waals surface area contributed by atoms with Crippen LogP contribution < -0.4 is 10.2 Å². The van der Waals surface area contributed by atoms with E-state index in [0.29, 0.717) is 38.5 Å². The first-order valence-electron chi connectivity index (χ1n) is 7.20. The quantitative estimate of drug-likeness (QED) is 0.728. The summed E-state index contributed by atoms with van der Waals surface area (Å²) >= 11 is 0. The lowest BCUT2D eigenvalue weighted by molar-refractivity contribution is 0.00336. The molecule has 1 atom stereocenters. The van der Waals surface area contributed by atoms with Crippen LogP contribution in [0.5, 0.6) is 0 Å². The lowest BCUT2D eigenvalue weighted by atomic mass is 10.1. The molecule has 1 fully saturated rings. The molecule has 1 aromatic carbocycles. The Bertz CT molecular complexity index is 445. The molecule has 0 amide bonds. The number of aliphatic hydroxyl groups excluding tert-OH is 1. The van der Waals surface area contributed by atoms with Crippen molar-refractivity contribution in [1.82, 2.24) is 5.32 Å². The van der Waals surface area contributed by atoms with Gasteiger partial charge in [0.2, 0.25) is 0 Å². The van der Waals surface area contributed by atoms with E-state index < -0.39 is 0 Å². The Morgan fingerprint density at radius 2 is 2.38 bits per heavy atom. The van der Waals surface area contributed by atoms with Crippen LogP contribution >= 0.6 is 0 Å². The van der Waals surface area contributed by atoms with Gasteiger partial charge in [-0.15, -0.1) is 0 Å². The molecule has 0 bridgehead atoms. The topological polar surface area (TPSA) is 54.0 Å². The van der Waals surface area contributed by atoms with Crippen LogP contribution in [0.15, 0.2) is 18.2 Å². The van der Waals surface area contributed by atoms with Crippen LogP contribution in [0.25, 0.3) is 0 Å². The molecule has 1 heterocycles. The molecule has 1 unspecified atom stereocenters. The van der Waals surface area contributed by atoms with Crippen LogP contribution in [0.4, 0.5) is 10.1 Å². The maximum atomic E-state index is 14.2. The summed E-state index contributed by atoms with van der Waals surface area (Å²) in [7, 11) is 1.65. The van der Waals surface area contributed by atoms with E-state index >= 15 is 0 Å². The molecular weight excluding hydrogens is 275 g/mol. The van der Waals surface area contributed by atoms with Gasteiger partial charge in [0.1, 0.15) is 5.82 Å². The Labute approximate surface area is 124 Å². The molecule has 0 saturated carbocycles. The number of para-hydroxylation sites is 1. The summed E-state index contributed by atoms with van der Waals surface area (Å²) in [6.45, 7) is 3.49. The number of morpholine rings is 1. The van der Waals surface area contributed by atoms with E-state index in [1.807, 2.05) is 11.0 Å². The average molecular weight is 298 g/mol. The lowest BCUT2D eigenvalue weighted by Crippen LogP contribution is -2.45. The Hall–Kier alpha value is -1.21. The highest BCUT2D eigenvalue weighted by Gasteiger charge is 2.23. The van der Waals surface area contributed by atoms with Gasteiger partial charge in [0.25, 0.3) is 0 Å². The van der Waals surface area contributed by atoms with Gasteiger partial charge in [-0.1, -0.05) is 12.1 Å². The third-order valence-electron chi connectivity index (χ3n) is 3.53. The number of nitrogens with zero attached hydrogens (tertiary/aromatic N) is 1. The summed E-state index contributed by atoms with van der Waals surface area (Å²) in [4.78, 5) is 1.95. The van der Waals surface area contributed by atoms with E-state index in [1.54, 1.807) is 13.2 Å². The maximum absolute atomic E-state index is 14.2. The van der Waals surface area contributed by atoms with Gasteiger partial charge in [-0.25, -0.2) is 4.39 Å². The van der Waals surface area contributed by atoms with Crippen molar-refractivity contribution in [3.8, 4) is 0 Å². The van der Waals surface area contributed by atoms with Crippen molar-refractivity contribution in [1.29, 1.82) is 0 Å². The summed E-state index contributed by atoms with van der Waals surface area (Å²) in [5.41, 5.74) is 1.51. The Balaban J connectivity index is 2.09. The van der Waals surface area contributed by atoms with Crippen LogP contribution in [-0.4, -0.2) is 57.8 Å². The molecule has 6 heteroatoms. The first-order chi connectivity index (χ1) is 10.3. The van der Waals surface area contributed by atoms with E-state index in [0.717, 1.165) is 12.1 Å². The first kappa shape index (κ1) is 16.2. The van der Waals surface area contributed by atoms with Crippen molar-refractivity contribution >= 4 is 5.69 Å². The second kappa shape index (κ2) is 8.29. The fourth-order valence-electron chi connectivity index (χ4n) is 2.49. The molecule has 1 aliphatic rings.